The SMILES string of the molecule is CC=Nc1cnccc1/C=C\C=C\C. The molecule has 0 aromatic carbocycles. The summed E-state index contributed by atoms with van der Waals surface area (Å²) in [5.41, 5.74) is 1.98. The first-order chi connectivity index (χ1) is 6.88. The van der Waals surface area contributed by atoms with Crippen LogP contribution >= 0.6 is 0 Å². The van der Waals surface area contributed by atoms with Crippen LogP contribution in [0.2, 0.25) is 0 Å². The number of allylic oxidation sites excluding steroid dienone is 3. The minimum Gasteiger partial charge on any atom is -0.262 e. The number of rotatable bonds is 3. The Morgan fingerprint density at radius 1 is 1.29 bits per heavy atom. The molecule has 0 radical (unpaired) electrons. The predicted octanol–water partition coefficient (Wildman–Crippen LogP) is 3.39. The van der Waals surface area contributed by atoms with Crippen LogP contribution in [0.5, 0.6) is 0 Å². The average Bonchev–Trinajstić information content (AvgIpc) is 2.21. The van der Waals surface area contributed by atoms with Crippen molar-refractivity contribution >= 4 is 18.0 Å². The maximum Gasteiger partial charge on any atom is 0.0880 e. The zero-order chi connectivity index (χ0) is 10.2. The van der Waals surface area contributed by atoms with Crippen molar-refractivity contribution in [1.29, 1.82) is 0 Å². The normalized spacial score (nSPS) is 12.1. The molecule has 72 valence electrons. The van der Waals surface area contributed by atoms with E-state index in [2.05, 4.69) is 9.98 Å². The second-order valence-electron chi connectivity index (χ2n) is 2.71. The third-order valence-corrected chi connectivity index (χ3v) is 1.68. The molecule has 0 aliphatic rings. The Balaban J connectivity index is 2.95. The monoisotopic (exact) mass is 186 g/mol. The van der Waals surface area contributed by atoms with Crippen LogP contribution in [0, 0.1) is 0 Å². The highest BCUT2D eigenvalue weighted by Crippen LogP contribution is 2.17. The van der Waals surface area contributed by atoms with Gasteiger partial charge in [-0.1, -0.05) is 24.3 Å². The molecule has 2 heteroatoms. The highest BCUT2D eigenvalue weighted by Gasteiger charge is 1.94. The van der Waals surface area contributed by atoms with Gasteiger partial charge in [0.2, 0.25) is 0 Å². The van der Waals surface area contributed by atoms with E-state index in [0.29, 0.717) is 0 Å². The van der Waals surface area contributed by atoms with E-state index >= 15 is 0 Å². The van der Waals surface area contributed by atoms with Gasteiger partial charge in [-0.05, 0) is 19.9 Å². The lowest BCUT2D eigenvalue weighted by Gasteiger charge is -1.97. The molecule has 1 rings (SSSR count). The van der Waals surface area contributed by atoms with Crippen molar-refractivity contribution in [2.75, 3.05) is 0 Å². The van der Waals surface area contributed by atoms with Crippen LogP contribution in [-0.2, 0) is 0 Å². The lowest BCUT2D eigenvalue weighted by atomic mass is 10.2. The maximum atomic E-state index is 4.22. The van der Waals surface area contributed by atoms with Crippen LogP contribution in [0.4, 0.5) is 5.69 Å². The van der Waals surface area contributed by atoms with Crippen LogP contribution in [0.25, 0.3) is 6.08 Å². The molecular weight excluding hydrogens is 172 g/mol. The zero-order valence-corrected chi connectivity index (χ0v) is 8.51. The van der Waals surface area contributed by atoms with Gasteiger partial charge in [0.05, 0.1) is 11.9 Å². The lowest BCUT2D eigenvalue weighted by molar-refractivity contribution is 1.30. The van der Waals surface area contributed by atoms with Crippen molar-refractivity contribution in [3.05, 3.63) is 42.3 Å². The average molecular weight is 186 g/mol. The molecule has 0 saturated carbocycles. The Bertz CT molecular complexity index is 362. The number of hydrogen-bond acceptors (Lipinski definition) is 2. The standard InChI is InChI=1S/C12H14N2/c1-3-5-6-7-11-8-9-13-10-12(11)14-4-2/h3-10H,1-2H3/b5-3+,7-6-,14-4?. The van der Waals surface area contributed by atoms with Crippen molar-refractivity contribution in [3.63, 3.8) is 0 Å². The molecule has 0 bridgehead atoms. The molecule has 14 heavy (non-hydrogen) atoms. The Morgan fingerprint density at radius 3 is 2.86 bits per heavy atom. The molecule has 0 saturated heterocycles. The Labute approximate surface area is 84.7 Å². The quantitative estimate of drug-likeness (QED) is 0.524. The second-order valence-corrected chi connectivity index (χ2v) is 2.71. The second kappa shape index (κ2) is 5.86. The fourth-order valence-electron chi connectivity index (χ4n) is 1.06. The molecule has 0 fully saturated rings. The molecule has 0 atom stereocenters. The fraction of sp³-hybridized carbons (Fsp3) is 0.167. The topological polar surface area (TPSA) is 25.2 Å². The third-order valence-electron chi connectivity index (χ3n) is 1.68. The Kier molecular flexibility index (Phi) is 4.35. The highest BCUT2D eigenvalue weighted by atomic mass is 14.8. The van der Waals surface area contributed by atoms with Gasteiger partial charge in [-0.25, -0.2) is 0 Å². The van der Waals surface area contributed by atoms with E-state index in [4.69, 9.17) is 0 Å². The molecule has 0 N–H and O–H groups in total. The van der Waals surface area contributed by atoms with Gasteiger partial charge in [0, 0.05) is 18.0 Å². The van der Waals surface area contributed by atoms with Crippen LogP contribution in [0.3, 0.4) is 0 Å². The van der Waals surface area contributed by atoms with Gasteiger partial charge in [-0.15, -0.1) is 0 Å². The van der Waals surface area contributed by atoms with Gasteiger partial charge >= 0.3 is 0 Å². The molecule has 1 heterocycles. The van der Waals surface area contributed by atoms with Crippen LogP contribution in [0.1, 0.15) is 19.4 Å². The summed E-state index contributed by atoms with van der Waals surface area (Å²) in [6.45, 7) is 3.88. The molecule has 0 aliphatic carbocycles. The van der Waals surface area contributed by atoms with Crippen molar-refractivity contribution in [2.45, 2.75) is 13.8 Å². The Morgan fingerprint density at radius 2 is 2.14 bits per heavy atom. The van der Waals surface area contributed by atoms with Gasteiger partial charge in [0.15, 0.2) is 0 Å². The molecule has 0 amide bonds. The summed E-state index contributed by atoms with van der Waals surface area (Å²) < 4.78 is 0. The zero-order valence-electron chi connectivity index (χ0n) is 8.51. The summed E-state index contributed by atoms with van der Waals surface area (Å²) in [6, 6.07) is 1.95. The first-order valence-corrected chi connectivity index (χ1v) is 4.60. The van der Waals surface area contributed by atoms with E-state index in [1.807, 2.05) is 44.2 Å². The summed E-state index contributed by atoms with van der Waals surface area (Å²) in [4.78, 5) is 8.25. The first kappa shape index (κ1) is 10.4. The third kappa shape index (κ3) is 2.98. The van der Waals surface area contributed by atoms with Crippen molar-refractivity contribution < 1.29 is 0 Å². The van der Waals surface area contributed by atoms with Crippen LogP contribution in [0.15, 0.2) is 41.7 Å². The van der Waals surface area contributed by atoms with E-state index in [1.54, 1.807) is 18.6 Å². The summed E-state index contributed by atoms with van der Waals surface area (Å²) >= 11 is 0. The first-order valence-electron chi connectivity index (χ1n) is 4.60. The number of aromatic nitrogens is 1. The number of nitrogens with zero attached hydrogens (tertiary/aromatic N) is 2. The van der Waals surface area contributed by atoms with Crippen molar-refractivity contribution in [3.8, 4) is 0 Å². The minimum absolute atomic E-state index is 0.899. The van der Waals surface area contributed by atoms with Gasteiger partial charge in [0.25, 0.3) is 0 Å². The Hall–Kier alpha value is -1.70. The number of pyridine rings is 1. The van der Waals surface area contributed by atoms with Gasteiger partial charge in [0.1, 0.15) is 0 Å². The molecule has 0 aliphatic heterocycles. The summed E-state index contributed by atoms with van der Waals surface area (Å²) in [6.07, 6.45) is 13.3. The molecule has 1 aromatic rings. The minimum atomic E-state index is 0.899. The predicted molar refractivity (Wildman–Crippen MR) is 61.9 cm³/mol. The smallest absolute Gasteiger partial charge is 0.0880 e. The number of aliphatic imine (C=N–C) groups is 1. The van der Waals surface area contributed by atoms with Gasteiger partial charge in [-0.2, -0.15) is 0 Å². The summed E-state index contributed by atoms with van der Waals surface area (Å²) in [5, 5.41) is 0. The van der Waals surface area contributed by atoms with Crippen molar-refractivity contribution in [2.24, 2.45) is 4.99 Å². The van der Waals surface area contributed by atoms with E-state index in [-0.39, 0.29) is 0 Å². The fourth-order valence-corrected chi connectivity index (χ4v) is 1.06. The highest BCUT2D eigenvalue weighted by molar-refractivity contribution is 5.69. The molecule has 0 unspecified atom stereocenters. The maximum absolute atomic E-state index is 4.22. The molecule has 0 spiro atoms. The molecule has 1 aromatic heterocycles. The van der Waals surface area contributed by atoms with Crippen LogP contribution < -0.4 is 0 Å². The molecular formula is C12H14N2. The van der Waals surface area contributed by atoms with E-state index < -0.39 is 0 Å². The van der Waals surface area contributed by atoms with Crippen molar-refractivity contribution in [1.82, 2.24) is 4.98 Å². The molecule has 2 nitrogen and oxygen atoms in total. The van der Waals surface area contributed by atoms with E-state index in [0.717, 1.165) is 11.3 Å². The summed E-state index contributed by atoms with van der Waals surface area (Å²) in [5.74, 6) is 0. The number of hydrogen-bond donors (Lipinski definition) is 0. The van der Waals surface area contributed by atoms with Gasteiger partial charge < -0.3 is 0 Å². The van der Waals surface area contributed by atoms with E-state index in [9.17, 15) is 0 Å². The van der Waals surface area contributed by atoms with E-state index in [1.165, 1.54) is 0 Å². The van der Waals surface area contributed by atoms with Gasteiger partial charge in [-0.3, -0.25) is 9.98 Å². The lowest BCUT2D eigenvalue weighted by Crippen LogP contribution is -1.76. The largest absolute Gasteiger partial charge is 0.262 e. The summed E-state index contributed by atoms with van der Waals surface area (Å²) in [7, 11) is 0. The van der Waals surface area contributed by atoms with Crippen LogP contribution in [-0.4, -0.2) is 11.2 Å².